The number of rotatable bonds is 6. The molecule has 0 radical (unpaired) electrons. The second-order valence-corrected chi connectivity index (χ2v) is 4.87. The summed E-state index contributed by atoms with van der Waals surface area (Å²) in [6, 6.07) is 3.40. The summed E-state index contributed by atoms with van der Waals surface area (Å²) in [4.78, 5) is 11.9. The Balaban J connectivity index is 2.12. The summed E-state index contributed by atoms with van der Waals surface area (Å²) in [5.74, 6) is -2.85. The van der Waals surface area contributed by atoms with Crippen LogP contribution in [-0.2, 0) is 9.53 Å². The van der Waals surface area contributed by atoms with E-state index in [2.05, 4.69) is 0 Å². The Hall–Kier alpha value is -1.69. The van der Waals surface area contributed by atoms with E-state index in [9.17, 15) is 13.6 Å². The van der Waals surface area contributed by atoms with Crippen molar-refractivity contribution < 1.29 is 23.0 Å². The first-order valence-corrected chi connectivity index (χ1v) is 6.52. The van der Waals surface area contributed by atoms with Gasteiger partial charge in [0, 0.05) is 0 Å². The van der Waals surface area contributed by atoms with Crippen LogP contribution in [0, 0.1) is 17.6 Å². The molecule has 0 amide bonds. The van der Waals surface area contributed by atoms with Crippen LogP contribution in [0.2, 0.25) is 0 Å². The van der Waals surface area contributed by atoms with Gasteiger partial charge in [-0.1, -0.05) is 6.07 Å². The molecule has 6 heteroatoms. The summed E-state index contributed by atoms with van der Waals surface area (Å²) in [6.45, 7) is 1.55. The first-order valence-electron chi connectivity index (χ1n) is 6.52. The Kier molecular flexibility index (Phi) is 4.23. The van der Waals surface area contributed by atoms with E-state index in [-0.39, 0.29) is 19.1 Å². The minimum atomic E-state index is -1.36. The fraction of sp³-hybridized carbons (Fsp3) is 0.500. The van der Waals surface area contributed by atoms with Crippen molar-refractivity contribution in [1.82, 2.24) is 0 Å². The number of para-hydroxylation sites is 1. The Morgan fingerprint density at radius 1 is 1.40 bits per heavy atom. The van der Waals surface area contributed by atoms with Crippen molar-refractivity contribution in [1.29, 1.82) is 0 Å². The third kappa shape index (κ3) is 2.90. The number of carbonyl (C=O) groups excluding carboxylic acids is 1. The average Bonchev–Trinajstić information content (AvgIpc) is 3.22. The zero-order valence-electron chi connectivity index (χ0n) is 11.2. The highest BCUT2D eigenvalue weighted by Crippen LogP contribution is 2.39. The third-order valence-corrected chi connectivity index (χ3v) is 3.34. The van der Waals surface area contributed by atoms with Crippen molar-refractivity contribution >= 4 is 5.97 Å². The molecule has 20 heavy (non-hydrogen) atoms. The maximum Gasteiger partial charge on any atom is 0.329 e. The first-order chi connectivity index (χ1) is 9.49. The molecular weight excluding hydrogens is 268 g/mol. The van der Waals surface area contributed by atoms with Gasteiger partial charge >= 0.3 is 5.97 Å². The van der Waals surface area contributed by atoms with Gasteiger partial charge in [-0.3, -0.25) is 0 Å². The maximum atomic E-state index is 13.5. The van der Waals surface area contributed by atoms with Gasteiger partial charge in [-0.05, 0) is 37.8 Å². The maximum absolute atomic E-state index is 13.5. The molecule has 1 aliphatic carbocycles. The van der Waals surface area contributed by atoms with Crippen LogP contribution in [0.15, 0.2) is 18.2 Å². The van der Waals surface area contributed by atoms with Crippen LogP contribution >= 0.6 is 0 Å². The number of hydrogen-bond acceptors (Lipinski definition) is 4. The van der Waals surface area contributed by atoms with E-state index in [1.807, 2.05) is 0 Å². The number of halogens is 2. The van der Waals surface area contributed by atoms with Crippen molar-refractivity contribution in [3.05, 3.63) is 29.8 Å². The van der Waals surface area contributed by atoms with E-state index >= 15 is 0 Å². The fourth-order valence-corrected chi connectivity index (χ4v) is 2.02. The third-order valence-electron chi connectivity index (χ3n) is 3.34. The molecule has 1 aromatic carbocycles. The lowest BCUT2D eigenvalue weighted by molar-refractivity contribution is -0.152. The normalized spacial score (nSPS) is 17.4. The van der Waals surface area contributed by atoms with E-state index in [1.165, 1.54) is 6.07 Å². The molecule has 0 bridgehead atoms. The second-order valence-electron chi connectivity index (χ2n) is 4.87. The molecule has 1 fully saturated rings. The molecule has 0 heterocycles. The molecule has 4 nitrogen and oxygen atoms in total. The minimum absolute atomic E-state index is 0.0728. The number of carbonyl (C=O) groups is 1. The zero-order valence-corrected chi connectivity index (χ0v) is 11.2. The predicted molar refractivity (Wildman–Crippen MR) is 68.1 cm³/mol. The van der Waals surface area contributed by atoms with Crippen LogP contribution in [0.25, 0.3) is 0 Å². The molecular formula is C14H17F2NO3. The van der Waals surface area contributed by atoms with Gasteiger partial charge in [0.15, 0.2) is 22.9 Å². The standard InChI is InChI=1S/C14H17F2NO3/c1-2-19-13(18)14(17,9-6-7-9)8-20-12-10(15)4-3-5-11(12)16/h3-5,9H,2,6-8,17H2,1H3. The number of esters is 1. The SMILES string of the molecule is CCOC(=O)C(N)(COc1c(F)cccc1F)C1CC1. The van der Waals surface area contributed by atoms with Crippen LogP contribution in [0.5, 0.6) is 5.75 Å². The molecule has 1 aromatic rings. The van der Waals surface area contributed by atoms with Gasteiger partial charge < -0.3 is 15.2 Å². The lowest BCUT2D eigenvalue weighted by atomic mass is 9.96. The number of benzene rings is 1. The highest BCUT2D eigenvalue weighted by Gasteiger charge is 2.50. The zero-order chi connectivity index (χ0) is 14.8. The molecule has 1 unspecified atom stereocenters. The van der Waals surface area contributed by atoms with Gasteiger partial charge in [-0.2, -0.15) is 0 Å². The highest BCUT2D eigenvalue weighted by atomic mass is 19.1. The monoisotopic (exact) mass is 285 g/mol. The topological polar surface area (TPSA) is 61.5 Å². The number of hydrogen-bond donors (Lipinski definition) is 1. The molecule has 2 N–H and O–H groups in total. The molecule has 0 aromatic heterocycles. The van der Waals surface area contributed by atoms with Gasteiger partial charge in [0.1, 0.15) is 6.61 Å². The van der Waals surface area contributed by atoms with Crippen LogP contribution in [0.4, 0.5) is 8.78 Å². The molecule has 2 rings (SSSR count). The molecule has 1 atom stereocenters. The first kappa shape index (κ1) is 14.7. The van der Waals surface area contributed by atoms with Crippen LogP contribution < -0.4 is 10.5 Å². The van der Waals surface area contributed by atoms with Crippen LogP contribution in [0.3, 0.4) is 0 Å². The summed E-state index contributed by atoms with van der Waals surface area (Å²) in [6.07, 6.45) is 1.55. The molecule has 1 saturated carbocycles. The lowest BCUT2D eigenvalue weighted by Crippen LogP contribution is -2.55. The lowest BCUT2D eigenvalue weighted by Gasteiger charge is -2.27. The van der Waals surface area contributed by atoms with Gasteiger partial charge in [0.25, 0.3) is 0 Å². The van der Waals surface area contributed by atoms with Crippen molar-refractivity contribution in [3.8, 4) is 5.75 Å². The van der Waals surface area contributed by atoms with E-state index in [0.29, 0.717) is 0 Å². The van der Waals surface area contributed by atoms with Crippen LogP contribution in [-0.4, -0.2) is 24.7 Å². The Morgan fingerprint density at radius 2 is 2.00 bits per heavy atom. The van der Waals surface area contributed by atoms with E-state index in [4.69, 9.17) is 15.2 Å². The largest absolute Gasteiger partial charge is 0.485 e. The Morgan fingerprint density at radius 3 is 2.50 bits per heavy atom. The second kappa shape index (κ2) is 5.75. The molecule has 1 aliphatic rings. The van der Waals surface area contributed by atoms with Crippen molar-refractivity contribution in [2.24, 2.45) is 11.7 Å². The van der Waals surface area contributed by atoms with Crippen LogP contribution in [0.1, 0.15) is 19.8 Å². The highest BCUT2D eigenvalue weighted by molar-refractivity contribution is 5.81. The Labute approximate surface area is 115 Å². The van der Waals surface area contributed by atoms with E-state index < -0.39 is 28.9 Å². The number of ether oxygens (including phenoxy) is 2. The summed E-state index contributed by atoms with van der Waals surface area (Å²) in [5, 5.41) is 0. The Bertz CT molecular complexity index is 485. The average molecular weight is 285 g/mol. The van der Waals surface area contributed by atoms with Crippen molar-refractivity contribution in [3.63, 3.8) is 0 Å². The molecule has 0 aliphatic heterocycles. The van der Waals surface area contributed by atoms with Gasteiger partial charge in [0.2, 0.25) is 0 Å². The predicted octanol–water partition coefficient (Wildman–Crippen LogP) is 2.01. The molecule has 110 valence electrons. The summed E-state index contributed by atoms with van der Waals surface area (Å²) in [7, 11) is 0. The van der Waals surface area contributed by atoms with Gasteiger partial charge in [-0.25, -0.2) is 13.6 Å². The quantitative estimate of drug-likeness (QED) is 0.812. The summed E-state index contributed by atoms with van der Waals surface area (Å²) < 4.78 is 37.0. The summed E-state index contributed by atoms with van der Waals surface area (Å²) in [5.41, 5.74) is 4.68. The van der Waals surface area contributed by atoms with Crippen molar-refractivity contribution in [2.45, 2.75) is 25.3 Å². The smallest absolute Gasteiger partial charge is 0.329 e. The number of nitrogens with two attached hydrogens (primary N) is 1. The molecule has 0 saturated heterocycles. The summed E-state index contributed by atoms with van der Waals surface area (Å²) >= 11 is 0. The minimum Gasteiger partial charge on any atom is -0.485 e. The molecule has 0 spiro atoms. The van der Waals surface area contributed by atoms with E-state index in [1.54, 1.807) is 6.92 Å². The van der Waals surface area contributed by atoms with Gasteiger partial charge in [-0.15, -0.1) is 0 Å². The van der Waals surface area contributed by atoms with Gasteiger partial charge in [0.05, 0.1) is 6.61 Å². The van der Waals surface area contributed by atoms with E-state index in [0.717, 1.165) is 25.0 Å². The van der Waals surface area contributed by atoms with Crippen molar-refractivity contribution in [2.75, 3.05) is 13.2 Å². The fourth-order valence-electron chi connectivity index (χ4n) is 2.02.